The van der Waals surface area contributed by atoms with E-state index < -0.39 is 15.9 Å². The number of aryl methyl sites for hydroxylation is 3. The van der Waals surface area contributed by atoms with Crippen LogP contribution in [-0.4, -0.2) is 26.2 Å². The average Bonchev–Trinajstić information content (AvgIpc) is 3.02. The minimum absolute atomic E-state index is 0.0807. The topological polar surface area (TPSA) is 84.5 Å². The number of nitrogens with one attached hydrogen (secondary N) is 1. The first-order valence-corrected chi connectivity index (χ1v) is 10.5. The second-order valence-electron chi connectivity index (χ2n) is 6.92. The third-order valence-electron chi connectivity index (χ3n) is 4.57. The van der Waals surface area contributed by atoms with Crippen LogP contribution < -0.4 is 11.1 Å². The van der Waals surface area contributed by atoms with Crippen LogP contribution in [0.25, 0.3) is 0 Å². The van der Waals surface area contributed by atoms with Gasteiger partial charge in [0.2, 0.25) is 0 Å². The van der Waals surface area contributed by atoms with Gasteiger partial charge in [-0.15, -0.1) is 0 Å². The van der Waals surface area contributed by atoms with Gasteiger partial charge in [-0.2, -0.15) is 0 Å². The van der Waals surface area contributed by atoms with E-state index in [0.29, 0.717) is 4.90 Å². The Morgan fingerprint density at radius 2 is 1.85 bits per heavy atom. The summed E-state index contributed by atoms with van der Waals surface area (Å²) in [7, 11) is -3.39. The van der Waals surface area contributed by atoms with Gasteiger partial charge in [0.1, 0.15) is 0 Å². The Morgan fingerprint density at radius 1 is 1.15 bits per heavy atom. The summed E-state index contributed by atoms with van der Waals surface area (Å²) in [5, 5.41) is 3.07. The van der Waals surface area contributed by atoms with Crippen molar-refractivity contribution >= 4 is 21.5 Å². The highest BCUT2D eigenvalue weighted by atomic mass is 32.2. The molecule has 138 valence electrons. The maximum atomic E-state index is 12.5. The second kappa shape index (κ2) is 7.50. The average molecular weight is 372 g/mol. The number of sulfone groups is 1. The van der Waals surface area contributed by atoms with Crippen molar-refractivity contribution in [3.63, 3.8) is 0 Å². The molecule has 0 saturated heterocycles. The molecule has 5 nitrogen and oxygen atoms in total. The maximum Gasteiger partial charge on any atom is 0.193 e. The van der Waals surface area contributed by atoms with Gasteiger partial charge < -0.3 is 11.1 Å². The van der Waals surface area contributed by atoms with Crippen molar-refractivity contribution in [2.24, 2.45) is 10.7 Å². The quantitative estimate of drug-likeness (QED) is 0.625. The first-order valence-electron chi connectivity index (χ1n) is 8.85. The lowest BCUT2D eigenvalue weighted by molar-refractivity contribution is 0.590. The molecule has 6 heteroatoms. The molecular weight excluding hydrogens is 346 g/mol. The molecule has 0 radical (unpaired) electrons. The van der Waals surface area contributed by atoms with E-state index >= 15 is 0 Å². The van der Waals surface area contributed by atoms with Crippen molar-refractivity contribution < 1.29 is 8.42 Å². The van der Waals surface area contributed by atoms with E-state index in [1.54, 1.807) is 31.2 Å². The van der Waals surface area contributed by atoms with E-state index in [-0.39, 0.29) is 11.7 Å². The molecule has 26 heavy (non-hydrogen) atoms. The fourth-order valence-corrected chi connectivity index (χ4v) is 4.72. The number of fused-ring (bicyclic) bond motifs is 1. The molecule has 0 fully saturated rings. The van der Waals surface area contributed by atoms with Crippen LogP contribution in [0.15, 0.2) is 52.4 Å². The van der Waals surface area contributed by atoms with Gasteiger partial charge in [0.15, 0.2) is 15.8 Å². The third kappa shape index (κ3) is 4.43. The molecule has 2 aromatic carbocycles. The summed E-state index contributed by atoms with van der Waals surface area (Å²) in [5.74, 6) is 0.150. The van der Waals surface area contributed by atoms with E-state index in [1.165, 1.54) is 17.5 Å². The van der Waals surface area contributed by atoms with Crippen LogP contribution in [0.4, 0.5) is 5.69 Å². The van der Waals surface area contributed by atoms with Gasteiger partial charge in [-0.1, -0.05) is 23.8 Å². The van der Waals surface area contributed by atoms with Crippen molar-refractivity contribution in [1.82, 2.24) is 0 Å². The molecule has 2 aromatic rings. The van der Waals surface area contributed by atoms with Crippen molar-refractivity contribution in [2.75, 3.05) is 11.1 Å². The first-order chi connectivity index (χ1) is 12.3. The molecule has 0 spiro atoms. The Labute approximate surface area is 155 Å². The summed E-state index contributed by atoms with van der Waals surface area (Å²) in [6, 6.07) is 12.6. The van der Waals surface area contributed by atoms with Gasteiger partial charge in [0.25, 0.3) is 0 Å². The molecule has 1 atom stereocenters. The van der Waals surface area contributed by atoms with Gasteiger partial charge >= 0.3 is 0 Å². The standard InChI is InChI=1S/C20H25N3O2S/c1-14-6-10-19(11-7-14)26(24,25)13-15(2)22-20(21)23-18-9-8-16-4-3-5-17(16)12-18/h6-12,15H,3-5,13H2,1-2H3,(H3,21,22,23). The van der Waals surface area contributed by atoms with E-state index in [9.17, 15) is 8.42 Å². The Morgan fingerprint density at radius 3 is 2.58 bits per heavy atom. The molecule has 0 heterocycles. The zero-order valence-electron chi connectivity index (χ0n) is 15.2. The van der Waals surface area contributed by atoms with Crippen LogP contribution in [0.2, 0.25) is 0 Å². The highest BCUT2D eigenvalue weighted by Gasteiger charge is 2.18. The largest absolute Gasteiger partial charge is 0.370 e. The van der Waals surface area contributed by atoms with Crippen molar-refractivity contribution in [3.05, 3.63) is 59.2 Å². The van der Waals surface area contributed by atoms with Gasteiger partial charge in [-0.05, 0) is 68.5 Å². The zero-order chi connectivity index (χ0) is 18.7. The first kappa shape index (κ1) is 18.5. The Hall–Kier alpha value is -2.34. The van der Waals surface area contributed by atoms with E-state index in [1.807, 2.05) is 13.0 Å². The van der Waals surface area contributed by atoms with Gasteiger partial charge in [0, 0.05) is 5.69 Å². The third-order valence-corrected chi connectivity index (χ3v) is 6.48. The van der Waals surface area contributed by atoms with Crippen LogP contribution in [0.3, 0.4) is 0 Å². The van der Waals surface area contributed by atoms with E-state index in [2.05, 4.69) is 22.4 Å². The summed E-state index contributed by atoms with van der Waals surface area (Å²) >= 11 is 0. The summed E-state index contributed by atoms with van der Waals surface area (Å²) in [4.78, 5) is 4.61. The van der Waals surface area contributed by atoms with Crippen LogP contribution in [0, 0.1) is 6.92 Å². The lowest BCUT2D eigenvalue weighted by Crippen LogP contribution is -2.27. The summed E-state index contributed by atoms with van der Waals surface area (Å²) in [6.45, 7) is 3.68. The van der Waals surface area contributed by atoms with Crippen LogP contribution in [0.1, 0.15) is 30.0 Å². The van der Waals surface area contributed by atoms with Crippen LogP contribution >= 0.6 is 0 Å². The molecule has 0 saturated carbocycles. The lowest BCUT2D eigenvalue weighted by atomic mass is 10.1. The normalized spacial score (nSPS) is 15.5. The molecule has 1 aliphatic carbocycles. The van der Waals surface area contributed by atoms with Gasteiger partial charge in [-0.3, -0.25) is 0 Å². The number of hydrogen-bond donors (Lipinski definition) is 2. The van der Waals surface area contributed by atoms with Crippen molar-refractivity contribution in [2.45, 2.75) is 44.0 Å². The number of guanidine groups is 1. The predicted octanol–water partition coefficient (Wildman–Crippen LogP) is 3.07. The molecule has 0 bridgehead atoms. The Kier molecular flexibility index (Phi) is 5.32. The number of aliphatic imine (C=N–C) groups is 1. The predicted molar refractivity (Wildman–Crippen MR) is 106 cm³/mol. The molecule has 3 rings (SSSR count). The maximum absolute atomic E-state index is 12.5. The summed E-state index contributed by atoms with van der Waals surface area (Å²) in [5.41, 5.74) is 10.6. The van der Waals surface area contributed by atoms with Crippen molar-refractivity contribution in [1.29, 1.82) is 0 Å². The SMILES string of the molecule is Cc1ccc(S(=O)(=O)CC(C)N=C(N)Nc2ccc3c(c2)CCC3)cc1. The van der Waals surface area contributed by atoms with Crippen LogP contribution in [-0.2, 0) is 22.7 Å². The number of anilines is 1. The summed E-state index contributed by atoms with van der Waals surface area (Å²) < 4.78 is 25.0. The minimum Gasteiger partial charge on any atom is -0.370 e. The Bertz CT molecular complexity index is 919. The summed E-state index contributed by atoms with van der Waals surface area (Å²) in [6.07, 6.45) is 3.41. The van der Waals surface area contributed by atoms with E-state index in [0.717, 1.165) is 24.1 Å². The smallest absolute Gasteiger partial charge is 0.193 e. The zero-order valence-corrected chi connectivity index (χ0v) is 16.0. The molecule has 0 aromatic heterocycles. The molecule has 1 aliphatic rings. The number of hydrogen-bond acceptors (Lipinski definition) is 3. The number of rotatable bonds is 5. The molecule has 1 unspecified atom stereocenters. The minimum atomic E-state index is -3.39. The molecule has 3 N–H and O–H groups in total. The number of nitrogens with two attached hydrogens (primary N) is 1. The second-order valence-corrected chi connectivity index (χ2v) is 8.95. The highest BCUT2D eigenvalue weighted by Crippen LogP contribution is 2.24. The fraction of sp³-hybridized carbons (Fsp3) is 0.350. The van der Waals surface area contributed by atoms with Gasteiger partial charge in [-0.25, -0.2) is 13.4 Å². The number of benzene rings is 2. The Balaban J connectivity index is 1.65. The molecule has 0 aliphatic heterocycles. The van der Waals surface area contributed by atoms with Crippen molar-refractivity contribution in [3.8, 4) is 0 Å². The van der Waals surface area contributed by atoms with Gasteiger partial charge in [0.05, 0.1) is 16.7 Å². The fourth-order valence-electron chi connectivity index (χ4n) is 3.26. The lowest BCUT2D eigenvalue weighted by Gasteiger charge is -2.12. The monoisotopic (exact) mass is 371 g/mol. The molecular formula is C20H25N3O2S. The highest BCUT2D eigenvalue weighted by molar-refractivity contribution is 7.91. The number of nitrogens with zero attached hydrogens (tertiary/aromatic N) is 1. The van der Waals surface area contributed by atoms with Crippen LogP contribution in [0.5, 0.6) is 0 Å². The molecule has 0 amide bonds. The van der Waals surface area contributed by atoms with E-state index in [4.69, 9.17) is 5.73 Å².